The first-order chi connectivity index (χ1) is 12.1. The molecule has 25 heavy (non-hydrogen) atoms. The van der Waals surface area contributed by atoms with Gasteiger partial charge in [0.15, 0.2) is 0 Å². The molecule has 2 aliphatic heterocycles. The van der Waals surface area contributed by atoms with Gasteiger partial charge in [-0.1, -0.05) is 24.6 Å². The highest BCUT2D eigenvalue weighted by atomic mass is 16.2. The van der Waals surface area contributed by atoms with Gasteiger partial charge in [-0.05, 0) is 45.0 Å². The highest BCUT2D eigenvalue weighted by molar-refractivity contribution is 5.96. The summed E-state index contributed by atoms with van der Waals surface area (Å²) in [5, 5.41) is 5.92. The number of carbonyl (C=O) groups is 2. The van der Waals surface area contributed by atoms with Gasteiger partial charge in [-0.15, -0.1) is 0 Å². The molecule has 2 fully saturated rings. The van der Waals surface area contributed by atoms with Gasteiger partial charge < -0.3 is 15.5 Å². The summed E-state index contributed by atoms with van der Waals surface area (Å²) in [6.45, 7) is 7.52. The molecule has 3 amide bonds. The predicted molar refractivity (Wildman–Crippen MR) is 98.7 cm³/mol. The van der Waals surface area contributed by atoms with Crippen LogP contribution in [0.5, 0.6) is 0 Å². The van der Waals surface area contributed by atoms with Gasteiger partial charge in [-0.2, -0.15) is 0 Å². The molecule has 0 bridgehead atoms. The smallest absolute Gasteiger partial charge is 0.315 e. The van der Waals surface area contributed by atoms with E-state index in [1.165, 1.54) is 6.42 Å². The Balaban J connectivity index is 1.47. The highest BCUT2D eigenvalue weighted by Crippen LogP contribution is 2.22. The van der Waals surface area contributed by atoms with E-state index in [1.807, 2.05) is 31.2 Å². The summed E-state index contributed by atoms with van der Waals surface area (Å²) >= 11 is 0. The molecule has 0 aromatic heterocycles. The van der Waals surface area contributed by atoms with Crippen LogP contribution in [0.25, 0.3) is 0 Å². The summed E-state index contributed by atoms with van der Waals surface area (Å²) < 4.78 is 0. The maximum atomic E-state index is 12.2. The Kier molecular flexibility index (Phi) is 5.58. The molecule has 2 heterocycles. The highest BCUT2D eigenvalue weighted by Gasteiger charge is 2.32. The molecule has 3 rings (SSSR count). The Hall–Kier alpha value is -2.08. The fourth-order valence-corrected chi connectivity index (χ4v) is 3.77. The average molecular weight is 344 g/mol. The lowest BCUT2D eigenvalue weighted by atomic mass is 10.2. The number of anilines is 1. The van der Waals surface area contributed by atoms with Crippen molar-refractivity contribution in [3.05, 3.63) is 29.8 Å². The number of carbonyl (C=O) groups excluding carboxylic acids is 2. The third-order valence-corrected chi connectivity index (χ3v) is 5.21. The molecule has 2 N–H and O–H groups in total. The molecule has 6 heteroatoms. The van der Waals surface area contributed by atoms with Crippen LogP contribution in [-0.2, 0) is 4.79 Å². The monoisotopic (exact) mass is 344 g/mol. The van der Waals surface area contributed by atoms with Crippen LogP contribution < -0.4 is 15.5 Å². The van der Waals surface area contributed by atoms with Crippen LogP contribution in [0.3, 0.4) is 0 Å². The fraction of sp³-hybridized carbons (Fsp3) is 0.579. The van der Waals surface area contributed by atoms with Gasteiger partial charge in [0.2, 0.25) is 5.91 Å². The van der Waals surface area contributed by atoms with Crippen LogP contribution in [0.15, 0.2) is 24.3 Å². The molecule has 0 unspecified atom stereocenters. The number of hydrogen-bond donors (Lipinski definition) is 2. The summed E-state index contributed by atoms with van der Waals surface area (Å²) in [6.07, 6.45) is 2.69. The Morgan fingerprint density at radius 1 is 1.28 bits per heavy atom. The minimum atomic E-state index is -0.175. The van der Waals surface area contributed by atoms with E-state index >= 15 is 0 Å². The first-order valence-corrected chi connectivity index (χ1v) is 9.22. The van der Waals surface area contributed by atoms with Crippen molar-refractivity contribution in [3.63, 3.8) is 0 Å². The molecule has 0 saturated carbocycles. The fourth-order valence-electron chi connectivity index (χ4n) is 3.77. The summed E-state index contributed by atoms with van der Waals surface area (Å²) in [6, 6.07) is 8.02. The largest absolute Gasteiger partial charge is 0.337 e. The molecular weight excluding hydrogens is 316 g/mol. The number of amides is 3. The number of likely N-dealkylation sites (N-methyl/N-ethyl adjacent to an activating group) is 1. The van der Waals surface area contributed by atoms with Crippen LogP contribution in [0.1, 0.15) is 31.7 Å². The molecule has 6 nitrogen and oxygen atoms in total. The van der Waals surface area contributed by atoms with Gasteiger partial charge in [-0.25, -0.2) is 4.79 Å². The van der Waals surface area contributed by atoms with Crippen molar-refractivity contribution >= 4 is 17.6 Å². The second-order valence-electron chi connectivity index (χ2n) is 7.02. The van der Waals surface area contributed by atoms with Crippen molar-refractivity contribution in [1.82, 2.24) is 15.5 Å². The van der Waals surface area contributed by atoms with Crippen molar-refractivity contribution < 1.29 is 9.59 Å². The average Bonchev–Trinajstić information content (AvgIpc) is 3.19. The SMILES string of the molecule is CCN1CCC[C@@H]1CNC(=O)N[C@@H]1CC(=O)N(c2ccc(C)cc2)C1. The van der Waals surface area contributed by atoms with Gasteiger partial charge in [0, 0.05) is 31.2 Å². The number of likely N-dealkylation sites (tertiary alicyclic amines) is 1. The molecular formula is C19H28N4O2. The zero-order chi connectivity index (χ0) is 17.8. The number of nitrogens with one attached hydrogen (secondary N) is 2. The Morgan fingerprint density at radius 3 is 2.76 bits per heavy atom. The van der Waals surface area contributed by atoms with E-state index in [2.05, 4.69) is 22.5 Å². The summed E-state index contributed by atoms with van der Waals surface area (Å²) in [7, 11) is 0. The Labute approximate surface area is 149 Å². The van der Waals surface area contributed by atoms with E-state index in [1.54, 1.807) is 4.90 Å². The maximum Gasteiger partial charge on any atom is 0.315 e. The lowest BCUT2D eigenvalue weighted by molar-refractivity contribution is -0.117. The van der Waals surface area contributed by atoms with Gasteiger partial charge in [0.1, 0.15) is 0 Å². The predicted octanol–water partition coefficient (Wildman–Crippen LogP) is 1.88. The lowest BCUT2D eigenvalue weighted by Crippen LogP contribution is -2.47. The molecule has 1 aromatic carbocycles. The van der Waals surface area contributed by atoms with Crippen molar-refractivity contribution in [2.75, 3.05) is 31.1 Å². The van der Waals surface area contributed by atoms with E-state index in [0.717, 1.165) is 30.8 Å². The van der Waals surface area contributed by atoms with Crippen LogP contribution in [0, 0.1) is 6.92 Å². The van der Waals surface area contributed by atoms with Crippen LogP contribution in [0.2, 0.25) is 0 Å². The topological polar surface area (TPSA) is 64.7 Å². The zero-order valence-corrected chi connectivity index (χ0v) is 15.1. The zero-order valence-electron chi connectivity index (χ0n) is 15.1. The van der Waals surface area contributed by atoms with Crippen molar-refractivity contribution in [3.8, 4) is 0 Å². The molecule has 2 atom stereocenters. The van der Waals surface area contributed by atoms with Crippen molar-refractivity contribution in [2.45, 2.75) is 45.2 Å². The normalized spacial score (nSPS) is 23.9. The van der Waals surface area contributed by atoms with Gasteiger partial charge in [0.05, 0.1) is 6.04 Å². The van der Waals surface area contributed by atoms with Crippen LogP contribution in [0.4, 0.5) is 10.5 Å². The second-order valence-corrected chi connectivity index (χ2v) is 7.02. The Bertz CT molecular complexity index is 616. The van der Waals surface area contributed by atoms with E-state index in [0.29, 0.717) is 25.6 Å². The summed E-state index contributed by atoms with van der Waals surface area (Å²) in [5.41, 5.74) is 2.06. The third-order valence-electron chi connectivity index (χ3n) is 5.21. The number of hydrogen-bond acceptors (Lipinski definition) is 3. The number of rotatable bonds is 5. The van der Waals surface area contributed by atoms with Crippen LogP contribution >= 0.6 is 0 Å². The first kappa shape index (κ1) is 17.7. The van der Waals surface area contributed by atoms with E-state index in [-0.39, 0.29) is 18.0 Å². The summed E-state index contributed by atoms with van der Waals surface area (Å²) in [5.74, 6) is 0.0575. The molecule has 1 aromatic rings. The Morgan fingerprint density at radius 2 is 2.04 bits per heavy atom. The molecule has 0 radical (unpaired) electrons. The minimum Gasteiger partial charge on any atom is -0.337 e. The van der Waals surface area contributed by atoms with E-state index in [9.17, 15) is 9.59 Å². The number of urea groups is 1. The molecule has 2 saturated heterocycles. The quantitative estimate of drug-likeness (QED) is 0.857. The van der Waals surface area contributed by atoms with Crippen molar-refractivity contribution in [1.29, 1.82) is 0 Å². The maximum absolute atomic E-state index is 12.2. The van der Waals surface area contributed by atoms with Crippen LogP contribution in [-0.4, -0.2) is 55.1 Å². The molecule has 2 aliphatic rings. The van der Waals surface area contributed by atoms with Gasteiger partial charge in [0.25, 0.3) is 0 Å². The summed E-state index contributed by atoms with van der Waals surface area (Å²) in [4.78, 5) is 28.6. The standard InChI is InChI=1S/C19H28N4O2/c1-3-22-10-4-5-17(22)12-20-19(25)21-15-11-18(24)23(13-15)16-8-6-14(2)7-9-16/h6-9,15,17H,3-5,10-13H2,1-2H3,(H2,20,21,25)/t15-,17-/m1/s1. The van der Waals surface area contributed by atoms with E-state index < -0.39 is 0 Å². The van der Waals surface area contributed by atoms with Crippen molar-refractivity contribution in [2.24, 2.45) is 0 Å². The third kappa shape index (κ3) is 4.31. The minimum absolute atomic E-state index is 0.0575. The second kappa shape index (κ2) is 7.87. The number of nitrogens with zero attached hydrogens (tertiary/aromatic N) is 2. The lowest BCUT2D eigenvalue weighted by Gasteiger charge is -2.23. The number of benzene rings is 1. The van der Waals surface area contributed by atoms with E-state index in [4.69, 9.17) is 0 Å². The molecule has 136 valence electrons. The first-order valence-electron chi connectivity index (χ1n) is 9.22. The van der Waals surface area contributed by atoms with Gasteiger partial charge in [-0.3, -0.25) is 9.69 Å². The molecule has 0 spiro atoms. The number of aryl methyl sites for hydroxylation is 1. The van der Waals surface area contributed by atoms with Gasteiger partial charge >= 0.3 is 6.03 Å². The molecule has 0 aliphatic carbocycles.